The van der Waals surface area contributed by atoms with Crippen molar-refractivity contribution in [2.24, 2.45) is 0 Å². The van der Waals surface area contributed by atoms with Gasteiger partial charge in [0.1, 0.15) is 11.4 Å². The van der Waals surface area contributed by atoms with E-state index in [1.165, 1.54) is 0 Å². The average Bonchev–Trinajstić information content (AvgIpc) is 2.25. The van der Waals surface area contributed by atoms with Crippen LogP contribution in [-0.4, -0.2) is 12.1 Å². The Morgan fingerprint density at radius 2 is 2.00 bits per heavy atom. The van der Waals surface area contributed by atoms with Crippen LogP contribution in [0.25, 0.3) is 0 Å². The number of benzene rings is 1. The molecule has 0 aromatic heterocycles. The molecular formula is C13H16Cl3NO. The summed E-state index contributed by atoms with van der Waals surface area (Å²) in [4.78, 5) is 0. The van der Waals surface area contributed by atoms with E-state index in [0.29, 0.717) is 20.8 Å². The number of halogens is 3. The molecule has 0 saturated heterocycles. The van der Waals surface area contributed by atoms with E-state index in [1.807, 2.05) is 13.8 Å². The molecule has 1 N–H and O–H groups in total. The number of ether oxygens (including phenoxy) is 1. The average molecular weight is 309 g/mol. The zero-order valence-electron chi connectivity index (χ0n) is 10.6. The Morgan fingerprint density at radius 3 is 2.61 bits per heavy atom. The Morgan fingerprint density at radius 1 is 1.33 bits per heavy atom. The van der Waals surface area contributed by atoms with Gasteiger partial charge in [-0.05, 0) is 26.5 Å². The predicted molar refractivity (Wildman–Crippen MR) is 77.2 cm³/mol. The molecule has 0 radical (unpaired) electrons. The fourth-order valence-electron chi connectivity index (χ4n) is 2.34. The highest BCUT2D eigenvalue weighted by atomic mass is 35.5. The fourth-order valence-corrected chi connectivity index (χ4v) is 3.13. The van der Waals surface area contributed by atoms with Crippen molar-refractivity contribution in [3.63, 3.8) is 0 Å². The van der Waals surface area contributed by atoms with Gasteiger partial charge in [-0.2, -0.15) is 0 Å². The summed E-state index contributed by atoms with van der Waals surface area (Å²) in [5, 5.41) is 4.91. The summed E-state index contributed by atoms with van der Waals surface area (Å²) in [5.41, 5.74) is 0.594. The van der Waals surface area contributed by atoms with E-state index in [-0.39, 0.29) is 11.6 Å². The van der Waals surface area contributed by atoms with Crippen molar-refractivity contribution in [3.05, 3.63) is 26.7 Å². The minimum Gasteiger partial charge on any atom is -0.486 e. The van der Waals surface area contributed by atoms with Gasteiger partial charge in [-0.1, -0.05) is 41.7 Å². The van der Waals surface area contributed by atoms with E-state index in [2.05, 4.69) is 12.2 Å². The van der Waals surface area contributed by atoms with Crippen LogP contribution in [0.3, 0.4) is 0 Å². The van der Waals surface area contributed by atoms with Crippen LogP contribution < -0.4 is 10.1 Å². The Balaban J connectivity index is 2.59. The van der Waals surface area contributed by atoms with Crippen molar-refractivity contribution in [2.45, 2.75) is 38.8 Å². The summed E-state index contributed by atoms with van der Waals surface area (Å²) in [6.07, 6.45) is 0.824. The van der Waals surface area contributed by atoms with Crippen LogP contribution in [0.4, 0.5) is 0 Å². The van der Waals surface area contributed by atoms with Crippen molar-refractivity contribution >= 4 is 34.8 Å². The second-order valence-corrected chi connectivity index (χ2v) is 6.27. The van der Waals surface area contributed by atoms with Crippen LogP contribution in [0.1, 0.15) is 38.8 Å². The van der Waals surface area contributed by atoms with Gasteiger partial charge in [0.15, 0.2) is 0 Å². The molecule has 0 bridgehead atoms. The molecule has 2 nitrogen and oxygen atoms in total. The zero-order chi connectivity index (χ0) is 13.5. The standard InChI is InChI=1S/C13H16Cl3NO/c1-4-17-9-6-13(2,3)18-12-8(15)5-7(14)11(16)10(9)12/h5,9,17H,4,6H2,1-3H3. The van der Waals surface area contributed by atoms with E-state index < -0.39 is 0 Å². The molecule has 100 valence electrons. The summed E-state index contributed by atoms with van der Waals surface area (Å²) in [6, 6.07) is 1.74. The lowest BCUT2D eigenvalue weighted by molar-refractivity contribution is 0.0666. The minimum atomic E-state index is -0.277. The number of hydrogen-bond donors (Lipinski definition) is 1. The third-order valence-electron chi connectivity index (χ3n) is 3.03. The van der Waals surface area contributed by atoms with E-state index >= 15 is 0 Å². The summed E-state index contributed by atoms with van der Waals surface area (Å²) in [6.45, 7) is 6.99. The van der Waals surface area contributed by atoms with E-state index in [4.69, 9.17) is 39.5 Å². The zero-order valence-corrected chi connectivity index (χ0v) is 12.9. The van der Waals surface area contributed by atoms with E-state index in [9.17, 15) is 0 Å². The summed E-state index contributed by atoms with van der Waals surface area (Å²) >= 11 is 18.6. The largest absolute Gasteiger partial charge is 0.486 e. The van der Waals surface area contributed by atoms with Crippen molar-refractivity contribution in [2.75, 3.05) is 6.54 Å². The molecule has 1 atom stereocenters. The first-order valence-electron chi connectivity index (χ1n) is 5.95. The number of hydrogen-bond acceptors (Lipinski definition) is 2. The molecule has 0 aliphatic carbocycles. The second kappa shape index (κ2) is 5.09. The van der Waals surface area contributed by atoms with Gasteiger partial charge in [-0.25, -0.2) is 0 Å². The first-order valence-corrected chi connectivity index (χ1v) is 7.09. The highest BCUT2D eigenvalue weighted by molar-refractivity contribution is 6.44. The SMILES string of the molecule is CCNC1CC(C)(C)Oc2c(Cl)cc(Cl)c(Cl)c21. The van der Waals surface area contributed by atoms with Crippen LogP contribution in [0.2, 0.25) is 15.1 Å². The maximum Gasteiger partial charge on any atom is 0.145 e. The molecule has 1 aromatic carbocycles. The van der Waals surface area contributed by atoms with Crippen molar-refractivity contribution in [1.82, 2.24) is 5.32 Å². The minimum absolute atomic E-state index is 0.109. The Labute approximate surface area is 123 Å². The Kier molecular flexibility index (Phi) is 4.03. The molecule has 1 aromatic rings. The molecule has 0 spiro atoms. The quantitative estimate of drug-likeness (QED) is 0.788. The van der Waals surface area contributed by atoms with Crippen LogP contribution >= 0.6 is 34.8 Å². The van der Waals surface area contributed by atoms with Crippen LogP contribution in [0.15, 0.2) is 6.07 Å². The third-order valence-corrected chi connectivity index (χ3v) is 4.12. The molecule has 1 aliphatic heterocycles. The highest BCUT2D eigenvalue weighted by Gasteiger charge is 2.36. The number of nitrogens with one attached hydrogen (secondary N) is 1. The first-order chi connectivity index (χ1) is 8.35. The highest BCUT2D eigenvalue weighted by Crippen LogP contribution is 2.49. The topological polar surface area (TPSA) is 21.3 Å². The van der Waals surface area contributed by atoms with Gasteiger partial charge in [0.05, 0.1) is 15.1 Å². The summed E-state index contributed by atoms with van der Waals surface area (Å²) in [5.74, 6) is 0.647. The van der Waals surface area contributed by atoms with Crippen molar-refractivity contribution in [1.29, 1.82) is 0 Å². The van der Waals surface area contributed by atoms with Gasteiger partial charge >= 0.3 is 0 Å². The molecule has 0 saturated carbocycles. The molecule has 0 fully saturated rings. The predicted octanol–water partition coefficient (Wildman–Crippen LogP) is 4.86. The van der Waals surface area contributed by atoms with Crippen LogP contribution in [0, 0.1) is 0 Å². The van der Waals surface area contributed by atoms with Gasteiger partial charge in [0.25, 0.3) is 0 Å². The molecule has 1 heterocycles. The van der Waals surface area contributed by atoms with Gasteiger partial charge in [0, 0.05) is 18.0 Å². The lowest BCUT2D eigenvalue weighted by Gasteiger charge is -2.39. The Hall–Kier alpha value is -0.150. The molecule has 0 amide bonds. The maximum atomic E-state index is 6.30. The fraction of sp³-hybridized carbons (Fsp3) is 0.538. The van der Waals surface area contributed by atoms with E-state index in [0.717, 1.165) is 18.5 Å². The Bertz CT molecular complexity index is 474. The van der Waals surface area contributed by atoms with E-state index in [1.54, 1.807) is 6.07 Å². The smallest absolute Gasteiger partial charge is 0.145 e. The molecule has 18 heavy (non-hydrogen) atoms. The third kappa shape index (κ3) is 2.57. The van der Waals surface area contributed by atoms with Gasteiger partial charge in [0.2, 0.25) is 0 Å². The van der Waals surface area contributed by atoms with Gasteiger partial charge < -0.3 is 10.1 Å². The summed E-state index contributed by atoms with van der Waals surface area (Å²) in [7, 11) is 0. The second-order valence-electron chi connectivity index (χ2n) is 5.07. The van der Waals surface area contributed by atoms with Gasteiger partial charge in [-0.15, -0.1) is 0 Å². The summed E-state index contributed by atoms with van der Waals surface area (Å²) < 4.78 is 5.95. The molecule has 1 unspecified atom stereocenters. The molecule has 1 aliphatic rings. The van der Waals surface area contributed by atoms with Gasteiger partial charge in [-0.3, -0.25) is 0 Å². The van der Waals surface area contributed by atoms with Crippen LogP contribution in [0.5, 0.6) is 5.75 Å². The lowest BCUT2D eigenvalue weighted by atomic mass is 9.89. The molecule has 5 heteroatoms. The normalized spacial score (nSPS) is 21.3. The van der Waals surface area contributed by atoms with Crippen molar-refractivity contribution in [3.8, 4) is 5.75 Å². The van der Waals surface area contributed by atoms with Crippen LogP contribution in [-0.2, 0) is 0 Å². The molecular weight excluding hydrogens is 293 g/mol. The number of rotatable bonds is 2. The number of fused-ring (bicyclic) bond motifs is 1. The van der Waals surface area contributed by atoms with Crippen molar-refractivity contribution < 1.29 is 4.74 Å². The lowest BCUT2D eigenvalue weighted by Crippen LogP contribution is -2.39. The molecule has 2 rings (SSSR count). The maximum absolute atomic E-state index is 6.30. The first kappa shape index (κ1) is 14.3. The monoisotopic (exact) mass is 307 g/mol.